The highest BCUT2D eigenvalue weighted by atomic mass is 16.6. The van der Waals surface area contributed by atoms with Gasteiger partial charge in [0.15, 0.2) is 6.10 Å². The number of hydrogen-bond acceptors (Lipinski definition) is 4. The molecule has 0 aromatic carbocycles. The molecular formula is C15H21NO4. The van der Waals surface area contributed by atoms with Crippen molar-refractivity contribution in [2.24, 2.45) is 5.92 Å². The summed E-state index contributed by atoms with van der Waals surface area (Å²) >= 11 is 0. The molecule has 5 heteroatoms. The Morgan fingerprint density at radius 1 is 1.45 bits per heavy atom. The van der Waals surface area contributed by atoms with E-state index in [1.54, 1.807) is 6.92 Å². The standard InChI is InChI=1S/C15H21NO4/c1-7(2)14(18)20-12-9-6-8-11(19-9)10(12)16(13(8)17)15(3,4)5/h8-12H,1,6H2,2-5H3. The number of amides is 1. The van der Waals surface area contributed by atoms with Crippen LogP contribution >= 0.6 is 0 Å². The van der Waals surface area contributed by atoms with Gasteiger partial charge in [-0.25, -0.2) is 4.79 Å². The van der Waals surface area contributed by atoms with Gasteiger partial charge in [0.25, 0.3) is 0 Å². The van der Waals surface area contributed by atoms with Crippen LogP contribution in [0.3, 0.4) is 0 Å². The number of likely N-dealkylation sites (tertiary alicyclic amines) is 1. The molecular weight excluding hydrogens is 258 g/mol. The van der Waals surface area contributed by atoms with E-state index in [0.29, 0.717) is 12.0 Å². The smallest absolute Gasteiger partial charge is 0.333 e. The molecule has 0 aliphatic carbocycles. The lowest BCUT2D eigenvalue weighted by Crippen LogP contribution is -2.53. The topological polar surface area (TPSA) is 55.8 Å². The average molecular weight is 279 g/mol. The Labute approximate surface area is 118 Å². The number of ether oxygens (including phenoxy) is 2. The van der Waals surface area contributed by atoms with Crippen molar-refractivity contribution >= 4 is 11.9 Å². The zero-order valence-electron chi connectivity index (χ0n) is 12.4. The van der Waals surface area contributed by atoms with Crippen molar-refractivity contribution in [2.75, 3.05) is 0 Å². The summed E-state index contributed by atoms with van der Waals surface area (Å²) in [6.07, 6.45) is -0.00357. The molecule has 0 spiro atoms. The van der Waals surface area contributed by atoms with Crippen molar-refractivity contribution < 1.29 is 19.1 Å². The minimum absolute atomic E-state index is 0.0657. The van der Waals surface area contributed by atoms with E-state index in [1.165, 1.54) is 0 Å². The minimum Gasteiger partial charge on any atom is -0.454 e. The number of hydrogen-bond donors (Lipinski definition) is 0. The number of carbonyl (C=O) groups excluding carboxylic acids is 2. The van der Waals surface area contributed by atoms with Crippen molar-refractivity contribution in [3.8, 4) is 0 Å². The summed E-state index contributed by atoms with van der Waals surface area (Å²) in [5.41, 5.74) is 0.0709. The Morgan fingerprint density at radius 3 is 2.65 bits per heavy atom. The Morgan fingerprint density at radius 2 is 2.10 bits per heavy atom. The predicted molar refractivity (Wildman–Crippen MR) is 71.8 cm³/mol. The molecule has 110 valence electrons. The second-order valence-electron chi connectivity index (χ2n) is 7.00. The number of esters is 1. The van der Waals surface area contributed by atoms with E-state index < -0.39 is 5.97 Å². The van der Waals surface area contributed by atoms with Crippen molar-refractivity contribution in [3.63, 3.8) is 0 Å². The fourth-order valence-electron chi connectivity index (χ4n) is 3.68. The second-order valence-corrected chi connectivity index (χ2v) is 7.00. The first-order valence-corrected chi connectivity index (χ1v) is 7.07. The Kier molecular flexibility index (Phi) is 2.77. The lowest BCUT2D eigenvalue weighted by Gasteiger charge is -2.38. The normalized spacial score (nSPS) is 38.5. The molecule has 3 heterocycles. The van der Waals surface area contributed by atoms with Crippen LogP contribution in [0.1, 0.15) is 34.1 Å². The summed E-state index contributed by atoms with van der Waals surface area (Å²) in [5, 5.41) is 0. The highest BCUT2D eigenvalue weighted by Crippen LogP contribution is 2.50. The number of rotatable bonds is 2. The van der Waals surface area contributed by atoms with Crippen LogP contribution in [0, 0.1) is 5.92 Å². The fourth-order valence-corrected chi connectivity index (χ4v) is 3.68. The van der Waals surface area contributed by atoms with E-state index in [9.17, 15) is 9.59 Å². The summed E-state index contributed by atoms with van der Waals surface area (Å²) in [6, 6.07) is -0.158. The van der Waals surface area contributed by atoms with Gasteiger partial charge in [0.05, 0.1) is 24.2 Å². The van der Waals surface area contributed by atoms with E-state index in [-0.39, 0.29) is 41.7 Å². The van der Waals surface area contributed by atoms with Crippen LogP contribution in [0.25, 0.3) is 0 Å². The molecule has 3 aliphatic rings. The second kappa shape index (κ2) is 4.07. The maximum Gasteiger partial charge on any atom is 0.333 e. The number of carbonyl (C=O) groups is 2. The van der Waals surface area contributed by atoms with Gasteiger partial charge in [-0.1, -0.05) is 6.58 Å². The molecule has 2 bridgehead atoms. The third-order valence-corrected chi connectivity index (χ3v) is 4.42. The van der Waals surface area contributed by atoms with Gasteiger partial charge in [-0.05, 0) is 34.1 Å². The van der Waals surface area contributed by atoms with E-state index in [2.05, 4.69) is 6.58 Å². The van der Waals surface area contributed by atoms with Gasteiger partial charge in [0.1, 0.15) is 0 Å². The van der Waals surface area contributed by atoms with E-state index in [4.69, 9.17) is 9.47 Å². The molecule has 3 aliphatic heterocycles. The Balaban J connectivity index is 1.90. The molecule has 3 fully saturated rings. The average Bonchev–Trinajstić information content (AvgIpc) is 2.90. The molecule has 0 aromatic rings. The van der Waals surface area contributed by atoms with Crippen molar-refractivity contribution in [1.82, 2.24) is 4.90 Å². The molecule has 5 nitrogen and oxygen atoms in total. The molecule has 20 heavy (non-hydrogen) atoms. The summed E-state index contributed by atoms with van der Waals surface area (Å²) in [5.74, 6) is -0.344. The Hall–Kier alpha value is -1.36. The lowest BCUT2D eigenvalue weighted by atomic mass is 9.87. The lowest BCUT2D eigenvalue weighted by molar-refractivity contribution is -0.152. The van der Waals surface area contributed by atoms with Crippen molar-refractivity contribution in [2.45, 2.75) is 64.0 Å². The van der Waals surface area contributed by atoms with Crippen LogP contribution in [0.5, 0.6) is 0 Å². The third kappa shape index (κ3) is 1.72. The number of fused-ring (bicyclic) bond motifs is 1. The molecule has 5 unspecified atom stereocenters. The zero-order valence-corrected chi connectivity index (χ0v) is 12.4. The largest absolute Gasteiger partial charge is 0.454 e. The molecule has 3 rings (SSSR count). The minimum atomic E-state index is -0.407. The first-order chi connectivity index (χ1) is 9.21. The van der Waals surface area contributed by atoms with E-state index >= 15 is 0 Å². The molecule has 0 saturated carbocycles. The SMILES string of the molecule is C=C(C)C(=O)OC1C2CC3C(=O)N(C(C)(C)C)C1C3O2. The van der Waals surface area contributed by atoms with Crippen LogP contribution in [0.15, 0.2) is 12.2 Å². The predicted octanol–water partition coefficient (Wildman–Crippen LogP) is 1.27. The van der Waals surface area contributed by atoms with E-state index in [1.807, 2.05) is 25.7 Å². The van der Waals surface area contributed by atoms with Crippen molar-refractivity contribution in [3.05, 3.63) is 12.2 Å². The third-order valence-electron chi connectivity index (χ3n) is 4.42. The van der Waals surface area contributed by atoms with Gasteiger partial charge >= 0.3 is 5.97 Å². The molecule has 0 radical (unpaired) electrons. The van der Waals surface area contributed by atoms with Crippen molar-refractivity contribution in [1.29, 1.82) is 0 Å². The summed E-state index contributed by atoms with van der Waals surface area (Å²) in [6.45, 7) is 11.2. The van der Waals surface area contributed by atoms with Crippen LogP contribution in [0.2, 0.25) is 0 Å². The highest BCUT2D eigenvalue weighted by molar-refractivity contribution is 5.88. The zero-order chi connectivity index (χ0) is 14.8. The summed E-state index contributed by atoms with van der Waals surface area (Å²) < 4.78 is 11.4. The van der Waals surface area contributed by atoms with Gasteiger partial charge in [0.2, 0.25) is 5.91 Å². The molecule has 0 N–H and O–H groups in total. The maximum absolute atomic E-state index is 12.5. The number of nitrogens with zero attached hydrogens (tertiary/aromatic N) is 1. The monoisotopic (exact) mass is 279 g/mol. The highest BCUT2D eigenvalue weighted by Gasteiger charge is 2.67. The maximum atomic E-state index is 12.5. The first-order valence-electron chi connectivity index (χ1n) is 7.07. The van der Waals surface area contributed by atoms with Gasteiger partial charge in [0, 0.05) is 11.1 Å². The summed E-state index contributed by atoms with van der Waals surface area (Å²) in [4.78, 5) is 26.2. The van der Waals surface area contributed by atoms with Crippen LogP contribution in [-0.2, 0) is 19.1 Å². The fraction of sp³-hybridized carbons (Fsp3) is 0.733. The molecule has 1 amide bonds. The van der Waals surface area contributed by atoms with Crippen LogP contribution < -0.4 is 0 Å². The molecule has 0 aromatic heterocycles. The Bertz CT molecular complexity index is 493. The molecule has 3 saturated heterocycles. The quantitative estimate of drug-likeness (QED) is 0.564. The van der Waals surface area contributed by atoms with Gasteiger partial charge in [-0.3, -0.25) is 4.79 Å². The first kappa shape index (κ1) is 13.6. The van der Waals surface area contributed by atoms with Crippen LogP contribution in [0.4, 0.5) is 0 Å². The van der Waals surface area contributed by atoms with Gasteiger partial charge < -0.3 is 14.4 Å². The van der Waals surface area contributed by atoms with Gasteiger partial charge in [-0.2, -0.15) is 0 Å². The summed E-state index contributed by atoms with van der Waals surface area (Å²) in [7, 11) is 0. The van der Waals surface area contributed by atoms with Gasteiger partial charge in [-0.15, -0.1) is 0 Å². The van der Waals surface area contributed by atoms with Crippen LogP contribution in [-0.4, -0.2) is 46.7 Å². The van der Waals surface area contributed by atoms with E-state index in [0.717, 1.165) is 0 Å². The molecule has 5 atom stereocenters.